The minimum absolute atomic E-state index is 0.0679. The Labute approximate surface area is 403 Å². The molecule has 68 heavy (non-hydrogen) atoms. The smallest absolute Gasteiger partial charge is 0.197 e. The highest BCUT2D eigenvalue weighted by molar-refractivity contribution is 7.25. The van der Waals surface area contributed by atoms with Gasteiger partial charge in [0.05, 0.1) is 5.52 Å². The Hall–Kier alpha value is -6.56. The molecule has 0 unspecified atom stereocenters. The van der Waals surface area contributed by atoms with Gasteiger partial charge in [-0.3, -0.25) is 0 Å². The zero-order valence-electron chi connectivity index (χ0n) is 40.5. The standard InChI is InChI=1S/C63H54BN2OS/c1-60(2,3)34-18-20-35(21-19-34)65-51-32-57-44(45-28-48-49(31-56(45)68-57)62(6,7)25-24-61(48,4)5)26-41(51)38-22-23-39-42-27-43-37-15-11-13-17-54(37)67-55(43)33-52(42)66-53-29-40-36-14-10-12-16-46(36)63(8,9)47(40)30-50(53)64-58(38)59(39)66/h10-23,26-33,65H,24-25H2,1-9H3. The van der Waals surface area contributed by atoms with Crippen LogP contribution in [-0.2, 0) is 21.7 Å². The van der Waals surface area contributed by atoms with Gasteiger partial charge >= 0.3 is 0 Å². The molecule has 1 aliphatic heterocycles. The number of nitrogens with zero attached hydrogens (tertiary/aromatic N) is 1. The lowest BCUT2D eigenvalue weighted by molar-refractivity contribution is 0.332. The number of hydrogen-bond donors (Lipinski definition) is 1. The Morgan fingerprint density at radius 2 is 1.28 bits per heavy atom. The Morgan fingerprint density at radius 3 is 2.07 bits per heavy atom. The monoisotopic (exact) mass is 897 g/mol. The van der Waals surface area contributed by atoms with Gasteiger partial charge in [-0.05, 0) is 134 Å². The summed E-state index contributed by atoms with van der Waals surface area (Å²) in [5, 5.41) is 11.5. The fourth-order valence-corrected chi connectivity index (χ4v) is 13.8. The first-order valence-corrected chi connectivity index (χ1v) is 25.3. The molecule has 0 amide bonds. The van der Waals surface area contributed by atoms with E-state index >= 15 is 0 Å². The van der Waals surface area contributed by atoms with Crippen LogP contribution >= 0.6 is 11.3 Å². The maximum Gasteiger partial charge on any atom is 0.197 e. The van der Waals surface area contributed by atoms with Crippen LogP contribution in [0.2, 0.25) is 0 Å². The fraction of sp³-hybridized carbons (Fsp3) is 0.238. The van der Waals surface area contributed by atoms with Crippen molar-refractivity contribution in [3.8, 4) is 27.9 Å². The van der Waals surface area contributed by atoms with Crippen molar-refractivity contribution in [3.05, 3.63) is 161 Å². The predicted molar refractivity (Wildman–Crippen MR) is 293 cm³/mol. The number of para-hydroxylation sites is 1. The summed E-state index contributed by atoms with van der Waals surface area (Å²) >= 11 is 1.94. The van der Waals surface area contributed by atoms with Crippen molar-refractivity contribution in [3.63, 3.8) is 0 Å². The third kappa shape index (κ3) is 5.54. The number of fused-ring (bicyclic) bond motifs is 15. The molecule has 4 heterocycles. The van der Waals surface area contributed by atoms with E-state index < -0.39 is 0 Å². The van der Waals surface area contributed by atoms with Crippen LogP contribution in [0.5, 0.6) is 0 Å². The number of furan rings is 1. The molecule has 0 fully saturated rings. The summed E-state index contributed by atoms with van der Waals surface area (Å²) in [7, 11) is 2.50. The minimum atomic E-state index is -0.128. The van der Waals surface area contributed by atoms with Gasteiger partial charge in [0.15, 0.2) is 7.28 Å². The lowest BCUT2D eigenvalue weighted by atomic mass is 9.58. The number of thiophene rings is 1. The number of anilines is 2. The van der Waals surface area contributed by atoms with Crippen LogP contribution in [0, 0.1) is 0 Å². The molecular formula is C63H54BN2OS. The summed E-state index contributed by atoms with van der Waals surface area (Å²) in [6.07, 6.45) is 2.39. The number of nitrogens with one attached hydrogen (secondary N) is 1. The molecule has 14 rings (SSSR count). The first kappa shape index (κ1) is 40.5. The van der Waals surface area contributed by atoms with Crippen molar-refractivity contribution < 1.29 is 4.42 Å². The molecule has 11 aromatic rings. The van der Waals surface area contributed by atoms with Crippen LogP contribution in [-0.4, -0.2) is 11.8 Å². The molecule has 0 saturated heterocycles. The second-order valence-corrected chi connectivity index (χ2v) is 24.2. The molecule has 1 N–H and O–H groups in total. The molecule has 0 saturated carbocycles. The third-order valence-electron chi connectivity index (χ3n) is 16.6. The number of hydrogen-bond acceptors (Lipinski definition) is 3. The second-order valence-electron chi connectivity index (χ2n) is 23.1. The average molecular weight is 898 g/mol. The van der Waals surface area contributed by atoms with Gasteiger partial charge < -0.3 is 14.3 Å². The Morgan fingerprint density at radius 1 is 0.559 bits per heavy atom. The first-order chi connectivity index (χ1) is 32.5. The van der Waals surface area contributed by atoms with Gasteiger partial charge in [0.2, 0.25) is 0 Å². The number of benzene rings is 8. The van der Waals surface area contributed by atoms with E-state index in [-0.39, 0.29) is 21.7 Å². The van der Waals surface area contributed by atoms with Gasteiger partial charge in [0.1, 0.15) is 11.2 Å². The SMILES string of the molecule is CC(C)(C)c1ccc(Nc2cc3sc4cc5c(cc4c3cc2-c2ccc3c4cc6c(cc4n4c3c2[B]c2cc3c(cc2-4)-c2ccccc2C3(C)C)oc2ccccc26)C(C)(C)CCC5(C)C)cc1. The first-order valence-electron chi connectivity index (χ1n) is 24.5. The van der Waals surface area contributed by atoms with E-state index in [4.69, 9.17) is 4.42 Å². The van der Waals surface area contributed by atoms with Crippen LogP contribution in [0.1, 0.15) is 103 Å². The molecule has 0 atom stereocenters. The summed E-state index contributed by atoms with van der Waals surface area (Å²) < 4.78 is 11.9. The number of rotatable bonds is 3. The van der Waals surface area contributed by atoms with Crippen LogP contribution in [0.15, 0.2) is 138 Å². The molecule has 1 radical (unpaired) electrons. The van der Waals surface area contributed by atoms with Crippen molar-refractivity contribution in [2.45, 2.75) is 96.8 Å². The summed E-state index contributed by atoms with van der Waals surface area (Å²) in [6.45, 7) is 21.4. The quantitative estimate of drug-likeness (QED) is 0.179. The van der Waals surface area contributed by atoms with Crippen LogP contribution in [0.25, 0.3) is 91.9 Å². The molecule has 0 bridgehead atoms. The second kappa shape index (κ2) is 13.4. The topological polar surface area (TPSA) is 30.1 Å². The third-order valence-corrected chi connectivity index (χ3v) is 17.8. The van der Waals surface area contributed by atoms with Crippen LogP contribution < -0.4 is 16.2 Å². The maximum atomic E-state index is 6.63. The fourth-order valence-electron chi connectivity index (χ4n) is 12.6. The Kier molecular flexibility index (Phi) is 7.96. The Bertz CT molecular complexity index is 4030. The molecule has 3 aromatic heterocycles. The van der Waals surface area contributed by atoms with Gasteiger partial charge in [-0.2, -0.15) is 0 Å². The molecule has 0 spiro atoms. The molecule has 331 valence electrons. The van der Waals surface area contributed by atoms with Crippen molar-refractivity contribution >= 4 is 105 Å². The molecule has 2 aliphatic carbocycles. The van der Waals surface area contributed by atoms with E-state index in [0.29, 0.717) is 0 Å². The lowest BCUT2D eigenvalue weighted by Gasteiger charge is -2.41. The van der Waals surface area contributed by atoms with Gasteiger partial charge in [-0.25, -0.2) is 0 Å². The van der Waals surface area contributed by atoms with Gasteiger partial charge in [-0.15, -0.1) is 11.3 Å². The van der Waals surface area contributed by atoms with Crippen molar-refractivity contribution in [2.24, 2.45) is 0 Å². The van der Waals surface area contributed by atoms with Gasteiger partial charge in [0, 0.05) is 81.3 Å². The molecule has 3 nitrogen and oxygen atoms in total. The molecule has 3 aliphatic rings. The van der Waals surface area contributed by atoms with Gasteiger partial charge in [0.25, 0.3) is 0 Å². The highest BCUT2D eigenvalue weighted by Crippen LogP contribution is 2.52. The summed E-state index contributed by atoms with van der Waals surface area (Å²) in [6, 6.07) is 51.1. The van der Waals surface area contributed by atoms with Crippen LogP contribution in [0.4, 0.5) is 11.4 Å². The largest absolute Gasteiger partial charge is 0.456 e. The van der Waals surface area contributed by atoms with E-state index in [9.17, 15) is 0 Å². The predicted octanol–water partition coefficient (Wildman–Crippen LogP) is 16.4. The highest BCUT2D eigenvalue weighted by atomic mass is 32.1. The molecule has 5 heteroatoms. The average Bonchev–Trinajstić information content (AvgIpc) is 4.02. The van der Waals surface area contributed by atoms with Crippen LogP contribution in [0.3, 0.4) is 0 Å². The van der Waals surface area contributed by atoms with E-state index in [2.05, 4.69) is 213 Å². The number of aromatic nitrogens is 1. The molecule has 8 aromatic carbocycles. The summed E-state index contributed by atoms with van der Waals surface area (Å²) in [5.41, 5.74) is 22.5. The van der Waals surface area contributed by atoms with E-state index in [1.54, 1.807) is 0 Å². The Balaban J connectivity index is 1.06. The molecular weight excluding hydrogens is 844 g/mol. The van der Waals surface area contributed by atoms with Gasteiger partial charge in [-0.1, -0.05) is 141 Å². The van der Waals surface area contributed by atoms with Crippen molar-refractivity contribution in [1.29, 1.82) is 0 Å². The lowest BCUT2D eigenvalue weighted by Crippen LogP contribution is -2.38. The minimum Gasteiger partial charge on any atom is -0.456 e. The summed E-state index contributed by atoms with van der Waals surface area (Å²) in [5.74, 6) is 0. The summed E-state index contributed by atoms with van der Waals surface area (Å²) in [4.78, 5) is 0. The normalized spacial score (nSPS) is 16.4. The zero-order chi connectivity index (χ0) is 46.4. The zero-order valence-corrected chi connectivity index (χ0v) is 41.3. The van der Waals surface area contributed by atoms with E-state index in [1.807, 2.05) is 11.3 Å². The van der Waals surface area contributed by atoms with Crippen molar-refractivity contribution in [2.75, 3.05) is 5.32 Å². The maximum absolute atomic E-state index is 6.63. The highest BCUT2D eigenvalue weighted by Gasteiger charge is 2.39. The van der Waals surface area contributed by atoms with E-state index in [1.165, 1.54) is 116 Å². The van der Waals surface area contributed by atoms with Crippen molar-refractivity contribution in [1.82, 2.24) is 4.57 Å². The van der Waals surface area contributed by atoms with E-state index in [0.717, 1.165) is 38.8 Å².